The minimum atomic E-state index is -1.08. The number of amides is 2. The Bertz CT molecular complexity index is 809. The summed E-state index contributed by atoms with van der Waals surface area (Å²) in [5.41, 5.74) is 1.90. The van der Waals surface area contributed by atoms with Gasteiger partial charge in [0.15, 0.2) is 5.76 Å². The first-order chi connectivity index (χ1) is 14.4. The predicted octanol–water partition coefficient (Wildman–Crippen LogP) is 1.63. The van der Waals surface area contributed by atoms with Crippen molar-refractivity contribution in [3.8, 4) is 0 Å². The van der Waals surface area contributed by atoms with Crippen LogP contribution in [0.25, 0.3) is 0 Å². The second-order valence-electron chi connectivity index (χ2n) is 8.00. The van der Waals surface area contributed by atoms with Gasteiger partial charge in [0.2, 0.25) is 11.8 Å². The van der Waals surface area contributed by atoms with Gasteiger partial charge in [-0.3, -0.25) is 14.4 Å². The zero-order chi connectivity index (χ0) is 21.5. The molecule has 2 aliphatic heterocycles. The van der Waals surface area contributed by atoms with Gasteiger partial charge in [-0.25, -0.2) is 0 Å². The van der Waals surface area contributed by atoms with E-state index < -0.39 is 11.9 Å². The van der Waals surface area contributed by atoms with E-state index in [1.807, 2.05) is 0 Å². The number of hydrogen-bond donors (Lipinski definition) is 3. The minimum Gasteiger partial charge on any atom is -0.481 e. The number of aromatic nitrogens is 1. The molecular weight excluding hydrogens is 424 g/mol. The van der Waals surface area contributed by atoms with Gasteiger partial charge in [-0.1, -0.05) is 16.8 Å². The van der Waals surface area contributed by atoms with Crippen molar-refractivity contribution in [1.29, 1.82) is 0 Å². The van der Waals surface area contributed by atoms with Crippen LogP contribution >= 0.6 is 12.4 Å². The van der Waals surface area contributed by atoms with E-state index in [4.69, 9.17) is 4.52 Å². The van der Waals surface area contributed by atoms with Crippen LogP contribution in [0.3, 0.4) is 0 Å². The van der Waals surface area contributed by atoms with Crippen molar-refractivity contribution in [3.63, 3.8) is 0 Å². The molecule has 9 nitrogen and oxygen atoms in total. The third-order valence-corrected chi connectivity index (χ3v) is 5.73. The van der Waals surface area contributed by atoms with Crippen molar-refractivity contribution in [1.82, 2.24) is 20.7 Å². The van der Waals surface area contributed by atoms with Gasteiger partial charge in [-0.15, -0.1) is 12.4 Å². The predicted molar refractivity (Wildman–Crippen MR) is 116 cm³/mol. The molecule has 0 bridgehead atoms. The van der Waals surface area contributed by atoms with E-state index in [2.05, 4.69) is 21.9 Å². The highest BCUT2D eigenvalue weighted by Gasteiger charge is 2.30. The Balaban J connectivity index is 0.00000341. The number of aliphatic carboxylic acids is 1. The summed E-state index contributed by atoms with van der Waals surface area (Å²) in [4.78, 5) is 38.5. The van der Waals surface area contributed by atoms with E-state index in [0.717, 1.165) is 32.4 Å². The van der Waals surface area contributed by atoms with E-state index in [-0.39, 0.29) is 42.4 Å². The smallest absolute Gasteiger partial charge is 0.316 e. The fraction of sp³-hybridized carbons (Fsp3) is 0.619. The van der Waals surface area contributed by atoms with Gasteiger partial charge in [-0.2, -0.15) is 0 Å². The first-order valence-corrected chi connectivity index (χ1v) is 10.5. The maximum Gasteiger partial charge on any atom is 0.316 e. The molecule has 2 atom stereocenters. The van der Waals surface area contributed by atoms with Crippen LogP contribution in [-0.2, 0) is 14.4 Å². The molecule has 3 rings (SSSR count). The van der Waals surface area contributed by atoms with Gasteiger partial charge in [0.1, 0.15) is 5.92 Å². The van der Waals surface area contributed by atoms with Crippen LogP contribution in [0.4, 0.5) is 0 Å². The lowest BCUT2D eigenvalue weighted by atomic mass is 9.95. The van der Waals surface area contributed by atoms with Gasteiger partial charge < -0.3 is 25.2 Å². The summed E-state index contributed by atoms with van der Waals surface area (Å²) in [5, 5.41) is 19.1. The second-order valence-corrected chi connectivity index (χ2v) is 8.00. The van der Waals surface area contributed by atoms with Gasteiger partial charge >= 0.3 is 5.97 Å². The molecule has 2 aliphatic rings. The van der Waals surface area contributed by atoms with Crippen LogP contribution in [0.15, 0.2) is 22.2 Å². The topological polar surface area (TPSA) is 125 Å². The number of nitrogens with zero attached hydrogens (tertiary/aromatic N) is 2. The Labute approximate surface area is 188 Å². The first kappa shape index (κ1) is 24.9. The summed E-state index contributed by atoms with van der Waals surface area (Å²) in [6, 6.07) is 1.56. The van der Waals surface area contributed by atoms with Crippen LogP contribution in [-0.4, -0.2) is 65.7 Å². The molecule has 172 valence electrons. The number of carbonyl (C=O) groups is 3. The molecule has 1 aromatic heterocycles. The molecule has 3 heterocycles. The second kappa shape index (κ2) is 11.9. The minimum absolute atomic E-state index is 0. The third-order valence-electron chi connectivity index (χ3n) is 5.73. The van der Waals surface area contributed by atoms with Crippen LogP contribution < -0.4 is 10.6 Å². The summed E-state index contributed by atoms with van der Waals surface area (Å²) in [6.07, 6.45) is 5.81. The van der Waals surface area contributed by atoms with E-state index >= 15 is 0 Å². The molecule has 0 unspecified atom stereocenters. The quantitative estimate of drug-likeness (QED) is 0.510. The molecule has 1 saturated heterocycles. The zero-order valence-corrected chi connectivity index (χ0v) is 18.6. The molecule has 1 aromatic rings. The Morgan fingerprint density at radius 1 is 1.42 bits per heavy atom. The summed E-state index contributed by atoms with van der Waals surface area (Å²) in [7, 11) is 0. The summed E-state index contributed by atoms with van der Waals surface area (Å²) in [6.45, 7) is 4.50. The Hall–Kier alpha value is -2.39. The lowest BCUT2D eigenvalue weighted by Gasteiger charge is -2.32. The van der Waals surface area contributed by atoms with Crippen molar-refractivity contribution in [2.75, 3.05) is 32.7 Å². The van der Waals surface area contributed by atoms with E-state index in [1.54, 1.807) is 17.9 Å². The van der Waals surface area contributed by atoms with E-state index in [9.17, 15) is 19.5 Å². The average Bonchev–Trinajstić information content (AvgIpc) is 3.18. The Morgan fingerprint density at radius 3 is 2.87 bits per heavy atom. The SMILES string of the molecule is Cc1cc([C@H](CNC(=O)[C@@H]2CCCN(C(=O)CCC3=CCNCC3)C2)C(=O)O)on1.Cl. The highest BCUT2D eigenvalue weighted by Crippen LogP contribution is 2.21. The summed E-state index contributed by atoms with van der Waals surface area (Å²) >= 11 is 0. The largest absolute Gasteiger partial charge is 0.481 e. The maximum atomic E-state index is 12.6. The molecule has 0 radical (unpaired) electrons. The molecule has 0 saturated carbocycles. The number of carboxylic acids is 1. The molecule has 0 spiro atoms. The number of hydrogen-bond acceptors (Lipinski definition) is 6. The number of likely N-dealkylation sites (tertiary alicyclic amines) is 1. The third kappa shape index (κ3) is 7.07. The number of carboxylic acid groups (broad SMARTS) is 1. The molecule has 31 heavy (non-hydrogen) atoms. The molecular formula is C21H31ClN4O5. The van der Waals surface area contributed by atoms with Crippen molar-refractivity contribution in [3.05, 3.63) is 29.2 Å². The van der Waals surface area contributed by atoms with Crippen LogP contribution in [0.2, 0.25) is 0 Å². The zero-order valence-electron chi connectivity index (χ0n) is 17.8. The number of carbonyl (C=O) groups excluding carboxylic acids is 2. The van der Waals surface area contributed by atoms with E-state index in [0.29, 0.717) is 31.6 Å². The lowest BCUT2D eigenvalue weighted by Crippen LogP contribution is -2.46. The van der Waals surface area contributed by atoms with Gasteiger partial charge in [0.05, 0.1) is 11.6 Å². The van der Waals surface area contributed by atoms with Crippen LogP contribution in [0, 0.1) is 12.8 Å². The fourth-order valence-electron chi connectivity index (χ4n) is 3.94. The molecule has 10 heteroatoms. The number of piperidine rings is 1. The summed E-state index contributed by atoms with van der Waals surface area (Å²) < 4.78 is 5.05. The number of halogens is 1. The first-order valence-electron chi connectivity index (χ1n) is 10.5. The van der Waals surface area contributed by atoms with E-state index in [1.165, 1.54) is 5.57 Å². The molecule has 0 aliphatic carbocycles. The van der Waals surface area contributed by atoms with Crippen molar-refractivity contribution in [2.45, 2.75) is 44.9 Å². The number of nitrogens with one attached hydrogen (secondary N) is 2. The van der Waals surface area contributed by atoms with Crippen molar-refractivity contribution in [2.24, 2.45) is 5.92 Å². The van der Waals surface area contributed by atoms with Crippen molar-refractivity contribution >= 4 is 30.2 Å². The van der Waals surface area contributed by atoms with Crippen molar-refractivity contribution < 1.29 is 24.0 Å². The highest BCUT2D eigenvalue weighted by molar-refractivity contribution is 5.85. The lowest BCUT2D eigenvalue weighted by molar-refractivity contribution is -0.139. The van der Waals surface area contributed by atoms with Gasteiger partial charge in [0.25, 0.3) is 0 Å². The molecule has 1 fully saturated rings. The standard InChI is InChI=1S/C21H30N4O5.ClH/c1-14-11-18(30-24-14)17(21(28)29)12-23-20(27)16-3-2-10-25(13-16)19(26)5-4-15-6-8-22-9-7-15;/h6,11,16-17,22H,2-5,7-10,12-13H2,1H3,(H,23,27)(H,28,29);1H/t16-,17+;/m1./s1. The fourth-order valence-corrected chi connectivity index (χ4v) is 3.94. The van der Waals surface area contributed by atoms with Gasteiger partial charge in [-0.05, 0) is 39.2 Å². The highest BCUT2D eigenvalue weighted by atomic mass is 35.5. The summed E-state index contributed by atoms with van der Waals surface area (Å²) in [5.74, 6) is -2.34. The van der Waals surface area contributed by atoms with Gasteiger partial charge in [0, 0.05) is 38.7 Å². The average molecular weight is 455 g/mol. The van der Waals surface area contributed by atoms with Crippen LogP contribution in [0.1, 0.15) is 49.5 Å². The molecule has 3 N–H and O–H groups in total. The van der Waals surface area contributed by atoms with Crippen LogP contribution in [0.5, 0.6) is 0 Å². The number of rotatable bonds is 8. The Morgan fingerprint density at radius 2 is 2.23 bits per heavy atom. The number of aryl methyl sites for hydroxylation is 1. The maximum absolute atomic E-state index is 12.6. The molecule has 2 amide bonds. The monoisotopic (exact) mass is 454 g/mol. The Kier molecular flexibility index (Phi) is 9.51. The normalized spacial score (nSPS) is 19.7. The molecule has 0 aromatic carbocycles.